The molecule has 0 amide bonds. The molecule has 1 aliphatic rings. The average Bonchev–Trinajstić information content (AvgIpc) is 2.55. The van der Waals surface area contributed by atoms with Gasteiger partial charge in [0.15, 0.2) is 6.29 Å². The van der Waals surface area contributed by atoms with E-state index in [2.05, 4.69) is 4.98 Å². The van der Waals surface area contributed by atoms with Crippen molar-refractivity contribution in [2.45, 2.75) is 24.5 Å². The maximum absolute atomic E-state index is 11.5. The Morgan fingerprint density at radius 1 is 1.53 bits per heavy atom. The van der Waals surface area contributed by atoms with Crippen molar-refractivity contribution in [3.05, 3.63) is 22.7 Å². The molecule has 0 radical (unpaired) electrons. The largest absolute Gasteiger partial charge is 0.394 e. The molecule has 1 fully saturated rings. The predicted molar refractivity (Wildman–Crippen MR) is 55.9 cm³/mol. The van der Waals surface area contributed by atoms with Gasteiger partial charge >= 0.3 is 5.69 Å². The molecule has 4 unspecified atom stereocenters. The highest BCUT2D eigenvalue weighted by Crippen LogP contribution is 2.28. The van der Waals surface area contributed by atoms with Gasteiger partial charge in [0, 0.05) is 6.20 Å². The van der Waals surface area contributed by atoms with Gasteiger partial charge in [-0.15, -0.1) is 0 Å². The van der Waals surface area contributed by atoms with Crippen LogP contribution in [-0.4, -0.2) is 50.0 Å². The highest BCUT2D eigenvalue weighted by Gasteiger charge is 2.44. The number of aliphatic hydroxyl groups is 3. The van der Waals surface area contributed by atoms with E-state index in [1.165, 1.54) is 12.3 Å². The highest BCUT2D eigenvalue weighted by molar-refractivity contribution is 5.23. The van der Waals surface area contributed by atoms with Gasteiger partial charge in [0.2, 0.25) is 0 Å². The lowest BCUT2D eigenvalue weighted by molar-refractivity contribution is -0.116. The Kier molecular flexibility index (Phi) is 3.11. The maximum atomic E-state index is 11.5. The van der Waals surface area contributed by atoms with E-state index in [0.29, 0.717) is 0 Å². The molecule has 4 atom stereocenters. The lowest BCUT2D eigenvalue weighted by Crippen LogP contribution is -2.38. The third-order valence-electron chi connectivity index (χ3n) is 2.69. The minimum absolute atomic E-state index is 0.0489. The van der Waals surface area contributed by atoms with Crippen molar-refractivity contribution in [2.75, 3.05) is 12.3 Å². The molecule has 1 aliphatic heterocycles. The molecule has 0 aromatic carbocycles. The summed E-state index contributed by atoms with van der Waals surface area (Å²) < 4.78 is 5.94. The van der Waals surface area contributed by atoms with Crippen molar-refractivity contribution >= 4 is 5.82 Å². The van der Waals surface area contributed by atoms with Gasteiger partial charge in [0.25, 0.3) is 0 Å². The smallest absolute Gasteiger partial charge is 0.350 e. The first kappa shape index (κ1) is 12.0. The van der Waals surface area contributed by atoms with Gasteiger partial charge in [0.05, 0.1) is 6.61 Å². The van der Waals surface area contributed by atoms with Gasteiger partial charge in [-0.25, -0.2) is 4.79 Å². The van der Waals surface area contributed by atoms with Gasteiger partial charge in [0.1, 0.15) is 24.1 Å². The van der Waals surface area contributed by atoms with E-state index in [4.69, 9.17) is 15.6 Å². The SMILES string of the molecule is Nc1ccn(C2C(O)OC(CO)C2O)c(=O)n1. The Labute approximate surface area is 95.9 Å². The van der Waals surface area contributed by atoms with Crippen LogP contribution < -0.4 is 11.4 Å². The molecule has 2 heterocycles. The van der Waals surface area contributed by atoms with E-state index < -0.39 is 36.8 Å². The molecule has 0 bridgehead atoms. The number of aromatic nitrogens is 2. The van der Waals surface area contributed by atoms with E-state index >= 15 is 0 Å². The normalized spacial score (nSPS) is 32.9. The molecule has 2 rings (SSSR count). The lowest BCUT2D eigenvalue weighted by Gasteiger charge is -2.19. The Bertz CT molecular complexity index is 462. The van der Waals surface area contributed by atoms with Crippen LogP contribution in [0.5, 0.6) is 0 Å². The molecule has 1 saturated heterocycles. The van der Waals surface area contributed by atoms with Gasteiger partial charge in [-0.3, -0.25) is 4.57 Å². The predicted octanol–water partition coefficient (Wildman–Crippen LogP) is -2.56. The maximum Gasteiger partial charge on any atom is 0.350 e. The Balaban J connectivity index is 2.36. The fourth-order valence-electron chi connectivity index (χ4n) is 1.83. The molecule has 0 saturated carbocycles. The Morgan fingerprint density at radius 3 is 2.76 bits per heavy atom. The minimum Gasteiger partial charge on any atom is -0.394 e. The van der Waals surface area contributed by atoms with E-state index in [1.54, 1.807) is 0 Å². The third-order valence-corrected chi connectivity index (χ3v) is 2.69. The first-order valence-corrected chi connectivity index (χ1v) is 5.01. The molecular formula is C9H13N3O5. The van der Waals surface area contributed by atoms with E-state index in [-0.39, 0.29) is 5.82 Å². The number of nitrogens with zero attached hydrogens (tertiary/aromatic N) is 2. The summed E-state index contributed by atoms with van der Waals surface area (Å²) in [5, 5.41) is 28.3. The summed E-state index contributed by atoms with van der Waals surface area (Å²) in [5.74, 6) is 0.0489. The number of aliphatic hydroxyl groups excluding tert-OH is 3. The topological polar surface area (TPSA) is 131 Å². The second-order valence-electron chi connectivity index (χ2n) is 3.77. The van der Waals surface area contributed by atoms with Gasteiger partial charge < -0.3 is 25.8 Å². The van der Waals surface area contributed by atoms with E-state index in [0.717, 1.165) is 4.57 Å². The summed E-state index contributed by atoms with van der Waals surface area (Å²) >= 11 is 0. The zero-order chi connectivity index (χ0) is 12.6. The van der Waals surface area contributed by atoms with Crippen LogP contribution in [0, 0.1) is 0 Å². The van der Waals surface area contributed by atoms with Crippen molar-refractivity contribution in [1.29, 1.82) is 0 Å². The fourth-order valence-corrected chi connectivity index (χ4v) is 1.83. The number of nitrogen functional groups attached to an aromatic ring is 1. The Morgan fingerprint density at radius 2 is 2.24 bits per heavy atom. The molecule has 8 nitrogen and oxygen atoms in total. The van der Waals surface area contributed by atoms with Crippen molar-refractivity contribution in [3.8, 4) is 0 Å². The summed E-state index contributed by atoms with van der Waals surface area (Å²) in [6, 6.07) is 0.361. The minimum atomic E-state index is -1.38. The summed E-state index contributed by atoms with van der Waals surface area (Å²) in [5.41, 5.74) is 4.63. The van der Waals surface area contributed by atoms with Crippen LogP contribution in [0.2, 0.25) is 0 Å². The van der Waals surface area contributed by atoms with E-state index in [9.17, 15) is 15.0 Å². The number of ether oxygens (including phenoxy) is 1. The Hall–Kier alpha value is -1.48. The van der Waals surface area contributed by atoms with Gasteiger partial charge in [-0.05, 0) is 6.07 Å². The molecular weight excluding hydrogens is 230 g/mol. The molecule has 1 aromatic rings. The van der Waals surface area contributed by atoms with E-state index in [1.807, 2.05) is 0 Å². The van der Waals surface area contributed by atoms with Crippen LogP contribution >= 0.6 is 0 Å². The first-order chi connectivity index (χ1) is 8.04. The molecule has 5 N–H and O–H groups in total. The highest BCUT2D eigenvalue weighted by atomic mass is 16.6. The summed E-state index contributed by atoms with van der Waals surface area (Å²) in [7, 11) is 0. The van der Waals surface area contributed by atoms with Crippen molar-refractivity contribution in [1.82, 2.24) is 9.55 Å². The average molecular weight is 243 g/mol. The van der Waals surface area contributed by atoms with Gasteiger partial charge in [-0.2, -0.15) is 4.98 Å². The molecule has 0 spiro atoms. The van der Waals surface area contributed by atoms with Crippen LogP contribution in [0.3, 0.4) is 0 Å². The monoisotopic (exact) mass is 243 g/mol. The number of anilines is 1. The first-order valence-electron chi connectivity index (χ1n) is 5.01. The van der Waals surface area contributed by atoms with Crippen molar-refractivity contribution in [3.63, 3.8) is 0 Å². The molecule has 8 heteroatoms. The van der Waals surface area contributed by atoms with Gasteiger partial charge in [-0.1, -0.05) is 0 Å². The number of nitrogens with two attached hydrogens (primary N) is 1. The number of rotatable bonds is 2. The summed E-state index contributed by atoms with van der Waals surface area (Å²) in [4.78, 5) is 15.0. The van der Waals surface area contributed by atoms with Crippen LogP contribution in [0.15, 0.2) is 17.1 Å². The van der Waals surface area contributed by atoms with Crippen LogP contribution in [-0.2, 0) is 4.74 Å². The molecule has 17 heavy (non-hydrogen) atoms. The molecule has 1 aromatic heterocycles. The van der Waals surface area contributed by atoms with Crippen LogP contribution in [0.1, 0.15) is 6.04 Å². The molecule has 94 valence electrons. The zero-order valence-electron chi connectivity index (χ0n) is 8.80. The van der Waals surface area contributed by atoms with Crippen molar-refractivity contribution in [2.24, 2.45) is 0 Å². The number of hydrogen-bond acceptors (Lipinski definition) is 7. The second kappa shape index (κ2) is 4.41. The number of hydrogen-bond donors (Lipinski definition) is 4. The fraction of sp³-hybridized carbons (Fsp3) is 0.556. The third kappa shape index (κ3) is 2.03. The quantitative estimate of drug-likeness (QED) is 0.449. The summed E-state index contributed by atoms with van der Waals surface area (Å²) in [6.07, 6.45) is -2.20. The van der Waals surface area contributed by atoms with Crippen molar-refractivity contribution < 1.29 is 20.1 Å². The summed E-state index contributed by atoms with van der Waals surface area (Å²) in [6.45, 7) is -0.453. The zero-order valence-corrected chi connectivity index (χ0v) is 8.80. The second-order valence-corrected chi connectivity index (χ2v) is 3.77. The molecule has 0 aliphatic carbocycles. The van der Waals surface area contributed by atoms with Crippen LogP contribution in [0.25, 0.3) is 0 Å². The lowest BCUT2D eigenvalue weighted by atomic mass is 10.1. The van der Waals surface area contributed by atoms with Crippen LogP contribution in [0.4, 0.5) is 5.82 Å². The standard InChI is InChI=1S/C9H13N3O5/c10-5-1-2-12(9(16)11-5)6-7(14)4(3-13)17-8(6)15/h1-2,4,6-8,13-15H,3H2,(H2,10,11,16).